The lowest BCUT2D eigenvalue weighted by molar-refractivity contribution is 0.615. The molecule has 0 bridgehead atoms. The Balaban J connectivity index is 1.76. The van der Waals surface area contributed by atoms with Crippen molar-refractivity contribution in [1.82, 2.24) is 19.1 Å². The van der Waals surface area contributed by atoms with Gasteiger partial charge in [0.2, 0.25) is 6.54 Å². The van der Waals surface area contributed by atoms with Gasteiger partial charge in [-0.1, -0.05) is 42.5 Å². The van der Waals surface area contributed by atoms with Gasteiger partial charge in [0.25, 0.3) is 0 Å². The number of fused-ring (bicyclic) bond motifs is 1. The predicted molar refractivity (Wildman–Crippen MR) is 105 cm³/mol. The first-order chi connectivity index (χ1) is 13.3. The average Bonchev–Trinajstić information content (AvgIpc) is 3.24. The normalized spacial score (nSPS) is 10.9. The predicted octanol–water partition coefficient (Wildman–Crippen LogP) is 3.55. The maximum absolute atomic E-state index is 12.4. The summed E-state index contributed by atoms with van der Waals surface area (Å²) in [4.78, 5) is 23.4. The van der Waals surface area contributed by atoms with Crippen LogP contribution in [0.15, 0.2) is 65.6 Å². The molecule has 4 aromatic rings. The molecule has 2 aromatic heterocycles. The Morgan fingerprint density at radius 2 is 1.81 bits per heavy atom. The number of H-pyrrole nitrogens is 1. The van der Waals surface area contributed by atoms with Gasteiger partial charge in [-0.2, -0.15) is 0 Å². The fraction of sp³-hybridized carbons (Fsp3) is 0.190. The quantitative estimate of drug-likeness (QED) is 0.424. The maximum atomic E-state index is 12.4. The van der Waals surface area contributed by atoms with Crippen molar-refractivity contribution in [2.75, 3.05) is 6.54 Å². The van der Waals surface area contributed by atoms with Crippen LogP contribution in [0.5, 0.6) is 0 Å². The summed E-state index contributed by atoms with van der Waals surface area (Å²) in [5.41, 5.74) is 3.59. The largest absolute Gasteiger partial charge is 0.326 e. The van der Waals surface area contributed by atoms with Gasteiger partial charge >= 0.3 is 5.69 Å². The first-order valence-corrected chi connectivity index (χ1v) is 8.89. The fourth-order valence-electron chi connectivity index (χ4n) is 3.35. The molecule has 1 N–H and O–H groups in total. The van der Waals surface area contributed by atoms with Crippen molar-refractivity contribution in [2.45, 2.75) is 19.5 Å². The second-order valence-corrected chi connectivity index (χ2v) is 6.33. The van der Waals surface area contributed by atoms with Crippen LogP contribution < -0.4 is 5.69 Å². The number of hydrogen-bond donors (Lipinski definition) is 1. The molecule has 6 nitrogen and oxygen atoms in total. The highest BCUT2D eigenvalue weighted by Gasteiger charge is 2.15. The molecule has 0 amide bonds. The zero-order valence-corrected chi connectivity index (χ0v) is 14.8. The molecule has 0 saturated carbocycles. The van der Waals surface area contributed by atoms with Gasteiger partial charge in [0.05, 0.1) is 23.3 Å². The van der Waals surface area contributed by atoms with Gasteiger partial charge in [-0.3, -0.25) is 4.57 Å². The second kappa shape index (κ2) is 7.34. The molecule has 2 heterocycles. The Morgan fingerprint density at radius 3 is 2.63 bits per heavy atom. The van der Waals surface area contributed by atoms with Gasteiger partial charge in [0.1, 0.15) is 5.82 Å². The SMILES string of the molecule is [C-]#[N+]CCCn1c(Cn2c(-c3ccccc3)c[nH]c2=O)nc2ccccc21. The van der Waals surface area contributed by atoms with Gasteiger partial charge in [0.15, 0.2) is 0 Å². The molecule has 2 aromatic carbocycles. The van der Waals surface area contributed by atoms with Crippen LogP contribution >= 0.6 is 0 Å². The van der Waals surface area contributed by atoms with Crippen molar-refractivity contribution in [1.29, 1.82) is 0 Å². The summed E-state index contributed by atoms with van der Waals surface area (Å²) >= 11 is 0. The molecule has 0 atom stereocenters. The van der Waals surface area contributed by atoms with Gasteiger partial charge in [-0.25, -0.2) is 16.4 Å². The summed E-state index contributed by atoms with van der Waals surface area (Å²) in [7, 11) is 0. The van der Waals surface area contributed by atoms with E-state index in [0.717, 1.165) is 34.5 Å². The standard InChI is InChI=1S/C21H19N5O/c1-22-12-7-13-25-18-11-6-5-10-17(18)24-20(25)15-26-19(14-23-21(26)27)16-8-3-2-4-9-16/h2-6,8-11,14H,7,12-13,15H2,(H,23,27). The Labute approximate surface area is 156 Å². The van der Waals surface area contributed by atoms with Gasteiger partial charge < -0.3 is 14.4 Å². The number of nitrogens with one attached hydrogen (secondary N) is 1. The van der Waals surface area contributed by atoms with E-state index in [1.807, 2.05) is 54.6 Å². The highest BCUT2D eigenvalue weighted by molar-refractivity contribution is 5.76. The zero-order chi connectivity index (χ0) is 18.6. The van der Waals surface area contributed by atoms with E-state index in [1.165, 1.54) is 0 Å². The van der Waals surface area contributed by atoms with Crippen molar-refractivity contribution in [3.8, 4) is 11.3 Å². The van der Waals surface area contributed by atoms with Crippen LogP contribution in [-0.2, 0) is 13.1 Å². The molecule has 0 aliphatic heterocycles. The van der Waals surface area contributed by atoms with E-state index in [2.05, 4.69) is 14.4 Å². The summed E-state index contributed by atoms with van der Waals surface area (Å²) in [5.74, 6) is 0.820. The van der Waals surface area contributed by atoms with Crippen LogP contribution in [0.2, 0.25) is 0 Å². The summed E-state index contributed by atoms with van der Waals surface area (Å²) in [6, 6.07) is 17.8. The smallest absolute Gasteiger partial charge is 0.326 e. The topological polar surface area (TPSA) is 60.0 Å². The van der Waals surface area contributed by atoms with E-state index in [1.54, 1.807) is 10.8 Å². The maximum Gasteiger partial charge on any atom is 0.326 e. The monoisotopic (exact) mass is 357 g/mol. The summed E-state index contributed by atoms with van der Waals surface area (Å²) in [5, 5.41) is 0. The van der Waals surface area contributed by atoms with Crippen molar-refractivity contribution in [3.63, 3.8) is 0 Å². The highest BCUT2D eigenvalue weighted by Crippen LogP contribution is 2.21. The summed E-state index contributed by atoms with van der Waals surface area (Å²) < 4.78 is 3.83. The molecule has 134 valence electrons. The molecular weight excluding hydrogens is 338 g/mol. The Morgan fingerprint density at radius 1 is 1.04 bits per heavy atom. The lowest BCUT2D eigenvalue weighted by Crippen LogP contribution is -2.21. The molecule has 0 unspecified atom stereocenters. The third-order valence-electron chi connectivity index (χ3n) is 4.62. The molecule has 27 heavy (non-hydrogen) atoms. The van der Waals surface area contributed by atoms with E-state index in [4.69, 9.17) is 11.6 Å². The van der Waals surface area contributed by atoms with Gasteiger partial charge in [0, 0.05) is 19.2 Å². The molecule has 0 radical (unpaired) electrons. The highest BCUT2D eigenvalue weighted by atomic mass is 16.1. The van der Waals surface area contributed by atoms with Crippen molar-refractivity contribution in [2.24, 2.45) is 0 Å². The molecular formula is C21H19N5O. The van der Waals surface area contributed by atoms with Gasteiger partial charge in [-0.05, 0) is 17.7 Å². The van der Waals surface area contributed by atoms with Crippen LogP contribution in [0.25, 0.3) is 27.1 Å². The third-order valence-corrected chi connectivity index (χ3v) is 4.62. The number of imidazole rings is 2. The molecule has 0 fully saturated rings. The lowest BCUT2D eigenvalue weighted by atomic mass is 10.2. The van der Waals surface area contributed by atoms with Crippen molar-refractivity contribution >= 4 is 11.0 Å². The number of benzene rings is 2. The number of aromatic amines is 1. The number of aromatic nitrogens is 4. The number of nitrogens with zero attached hydrogens (tertiary/aromatic N) is 4. The van der Waals surface area contributed by atoms with Crippen LogP contribution in [0, 0.1) is 6.57 Å². The Hall–Kier alpha value is -3.59. The molecule has 0 aliphatic carbocycles. The molecule has 0 aliphatic rings. The third kappa shape index (κ3) is 3.27. The Bertz CT molecular complexity index is 1160. The van der Waals surface area contributed by atoms with E-state index in [9.17, 15) is 4.79 Å². The minimum Gasteiger partial charge on any atom is -0.326 e. The number of para-hydroxylation sites is 2. The summed E-state index contributed by atoms with van der Waals surface area (Å²) in [6.07, 6.45) is 2.49. The van der Waals surface area contributed by atoms with E-state index in [0.29, 0.717) is 19.6 Å². The molecule has 4 rings (SSSR count). The van der Waals surface area contributed by atoms with Crippen LogP contribution in [0.3, 0.4) is 0 Å². The van der Waals surface area contributed by atoms with Crippen LogP contribution in [-0.4, -0.2) is 25.6 Å². The van der Waals surface area contributed by atoms with E-state index in [-0.39, 0.29) is 5.69 Å². The fourth-order valence-corrected chi connectivity index (χ4v) is 3.35. The number of rotatable bonds is 6. The van der Waals surface area contributed by atoms with E-state index >= 15 is 0 Å². The minimum absolute atomic E-state index is 0.159. The molecule has 0 spiro atoms. The first kappa shape index (κ1) is 16.9. The van der Waals surface area contributed by atoms with E-state index < -0.39 is 0 Å². The van der Waals surface area contributed by atoms with Gasteiger partial charge in [-0.15, -0.1) is 0 Å². The van der Waals surface area contributed by atoms with Crippen molar-refractivity contribution < 1.29 is 0 Å². The first-order valence-electron chi connectivity index (χ1n) is 8.89. The number of hydrogen-bond acceptors (Lipinski definition) is 2. The molecule has 0 saturated heterocycles. The average molecular weight is 357 g/mol. The minimum atomic E-state index is -0.159. The van der Waals surface area contributed by atoms with Crippen molar-refractivity contribution in [3.05, 3.63) is 88.5 Å². The molecule has 6 heteroatoms. The second-order valence-electron chi connectivity index (χ2n) is 6.33. The zero-order valence-electron chi connectivity index (χ0n) is 14.8. The lowest BCUT2D eigenvalue weighted by Gasteiger charge is -2.10. The van der Waals surface area contributed by atoms with Crippen LogP contribution in [0.4, 0.5) is 0 Å². The summed E-state index contributed by atoms with van der Waals surface area (Å²) in [6.45, 7) is 8.57. The Kier molecular flexibility index (Phi) is 4.58. The van der Waals surface area contributed by atoms with Crippen LogP contribution in [0.1, 0.15) is 12.2 Å². The number of aryl methyl sites for hydroxylation is 1.